The van der Waals surface area contributed by atoms with Crippen molar-refractivity contribution in [3.05, 3.63) is 35.4 Å². The first kappa shape index (κ1) is 31.9. The number of rotatable bonds is 7. The first-order chi connectivity index (χ1) is 22.0. The van der Waals surface area contributed by atoms with Crippen LogP contribution in [0.3, 0.4) is 0 Å². The predicted octanol–water partition coefficient (Wildman–Crippen LogP) is 7.43. The molecule has 3 saturated heterocycles. The molecule has 45 heavy (non-hydrogen) atoms. The number of hydrogen-bond donors (Lipinski definition) is 1. The molecule has 6 heterocycles. The van der Waals surface area contributed by atoms with Crippen LogP contribution in [0, 0.1) is 11.7 Å². The number of anilines is 1. The Morgan fingerprint density at radius 3 is 2.51 bits per heavy atom. The number of fused-ring (bicyclic) bond motifs is 3. The lowest BCUT2D eigenvalue weighted by Gasteiger charge is -2.34. The zero-order chi connectivity index (χ0) is 31.4. The molecule has 8 rings (SSSR count). The van der Waals surface area contributed by atoms with Crippen molar-refractivity contribution in [2.45, 2.75) is 77.2 Å². The molecule has 1 saturated carbocycles. The van der Waals surface area contributed by atoms with Gasteiger partial charge in [-0.1, -0.05) is 44.7 Å². The standard InChI is InChI=1S/C29H33ClFN7O2.C3H6.C2H6/c1-39-16-18-5-2-8-37(15-18)27-22-13-32-25(20-11-19(30)12-23-21(20)14-33-36-23)24(31)26(22)34-28(35-27)40-17-29-6-3-9-38(29)10-4-7-29;1-2-3-1;1-2/h11-14,18H,2-10,15-17H2,1H3,(H,33,36);1-3H2;1-2H3. The summed E-state index contributed by atoms with van der Waals surface area (Å²) in [6.07, 6.45) is 14.5. The van der Waals surface area contributed by atoms with E-state index < -0.39 is 5.82 Å². The zero-order valence-electron chi connectivity index (χ0n) is 26.7. The van der Waals surface area contributed by atoms with Crippen molar-refractivity contribution in [2.24, 2.45) is 5.92 Å². The average molecular weight is 638 g/mol. The van der Waals surface area contributed by atoms with Gasteiger partial charge in [-0.15, -0.1) is 0 Å². The number of hydrogen-bond acceptors (Lipinski definition) is 8. The Bertz CT molecular complexity index is 1600. The van der Waals surface area contributed by atoms with E-state index in [1.165, 1.54) is 32.1 Å². The SMILES string of the molecule is C1CC1.CC.COCC1CCCN(c2nc(OCC34CCCN3CCC4)nc3c(F)c(-c4cc(Cl)cc5[nH]ncc45)ncc23)C1. The summed E-state index contributed by atoms with van der Waals surface area (Å²) >= 11 is 6.38. The highest BCUT2D eigenvalue weighted by molar-refractivity contribution is 6.31. The lowest BCUT2D eigenvalue weighted by molar-refractivity contribution is 0.107. The second kappa shape index (κ2) is 14.1. The third-order valence-corrected chi connectivity index (χ3v) is 9.50. The minimum Gasteiger partial charge on any atom is -0.461 e. The molecule has 1 atom stereocenters. The van der Waals surface area contributed by atoms with Gasteiger partial charge in [-0.2, -0.15) is 15.1 Å². The van der Waals surface area contributed by atoms with Crippen LogP contribution in [0.1, 0.15) is 71.6 Å². The van der Waals surface area contributed by atoms with Crippen LogP contribution in [0.25, 0.3) is 33.1 Å². The molecule has 1 aliphatic carbocycles. The van der Waals surface area contributed by atoms with Crippen molar-refractivity contribution in [2.75, 3.05) is 51.4 Å². The highest BCUT2D eigenvalue weighted by Crippen LogP contribution is 2.40. The molecular formula is C34H45ClFN7O2. The van der Waals surface area contributed by atoms with Gasteiger partial charge in [0, 0.05) is 42.4 Å². The van der Waals surface area contributed by atoms with Gasteiger partial charge in [0.25, 0.3) is 0 Å². The summed E-state index contributed by atoms with van der Waals surface area (Å²) < 4.78 is 28.3. The van der Waals surface area contributed by atoms with Crippen LogP contribution < -0.4 is 9.64 Å². The van der Waals surface area contributed by atoms with Crippen molar-refractivity contribution in [1.82, 2.24) is 30.0 Å². The molecule has 1 N–H and O–H groups in total. The summed E-state index contributed by atoms with van der Waals surface area (Å²) in [6.45, 7) is 8.98. The number of benzene rings is 1. The van der Waals surface area contributed by atoms with E-state index in [0.717, 1.165) is 57.2 Å². The fourth-order valence-corrected chi connectivity index (χ4v) is 7.23. The maximum Gasteiger partial charge on any atom is 0.319 e. The van der Waals surface area contributed by atoms with E-state index in [2.05, 4.69) is 30.0 Å². The minimum absolute atomic E-state index is 0.0305. The number of pyridine rings is 1. The smallest absolute Gasteiger partial charge is 0.319 e. The Morgan fingerprint density at radius 1 is 1.00 bits per heavy atom. The second-order valence-corrected chi connectivity index (χ2v) is 12.9. The van der Waals surface area contributed by atoms with Gasteiger partial charge in [0.15, 0.2) is 5.82 Å². The molecule has 4 fully saturated rings. The monoisotopic (exact) mass is 637 g/mol. The number of H-pyrrole nitrogens is 1. The summed E-state index contributed by atoms with van der Waals surface area (Å²) in [5.74, 6) is 0.503. The molecule has 4 aliphatic rings. The van der Waals surface area contributed by atoms with Crippen molar-refractivity contribution >= 4 is 39.2 Å². The molecule has 9 nitrogen and oxygen atoms in total. The van der Waals surface area contributed by atoms with Gasteiger partial charge in [-0.3, -0.25) is 15.0 Å². The molecule has 11 heteroatoms. The minimum atomic E-state index is -0.525. The van der Waals surface area contributed by atoms with Gasteiger partial charge in [-0.05, 0) is 69.7 Å². The second-order valence-electron chi connectivity index (χ2n) is 12.5. The zero-order valence-corrected chi connectivity index (χ0v) is 27.5. The number of piperidine rings is 1. The summed E-state index contributed by atoms with van der Waals surface area (Å²) in [7, 11) is 1.73. The van der Waals surface area contributed by atoms with E-state index >= 15 is 4.39 Å². The maximum atomic E-state index is 16.5. The van der Waals surface area contributed by atoms with Gasteiger partial charge >= 0.3 is 6.01 Å². The number of ether oxygens (including phenoxy) is 2. The van der Waals surface area contributed by atoms with Crippen LogP contribution in [0.15, 0.2) is 24.5 Å². The molecule has 3 aliphatic heterocycles. The van der Waals surface area contributed by atoms with Crippen LogP contribution in [-0.2, 0) is 4.74 Å². The van der Waals surface area contributed by atoms with E-state index in [1.807, 2.05) is 13.8 Å². The summed E-state index contributed by atoms with van der Waals surface area (Å²) in [5.41, 5.74) is 1.67. The van der Waals surface area contributed by atoms with Crippen LogP contribution >= 0.6 is 11.6 Å². The van der Waals surface area contributed by atoms with Crippen LogP contribution in [0.4, 0.5) is 10.2 Å². The fourth-order valence-electron chi connectivity index (χ4n) is 7.02. The first-order valence-corrected chi connectivity index (χ1v) is 17.0. The molecule has 0 radical (unpaired) electrons. The van der Waals surface area contributed by atoms with Crippen molar-refractivity contribution in [1.29, 1.82) is 0 Å². The third-order valence-electron chi connectivity index (χ3n) is 9.28. The molecule has 3 aromatic heterocycles. The molecule has 1 unspecified atom stereocenters. The summed E-state index contributed by atoms with van der Waals surface area (Å²) in [4.78, 5) is 18.9. The summed E-state index contributed by atoms with van der Waals surface area (Å²) in [6, 6.07) is 3.68. The summed E-state index contributed by atoms with van der Waals surface area (Å²) in [5, 5.41) is 8.81. The number of nitrogens with one attached hydrogen (secondary N) is 1. The fraction of sp³-hybridized carbons (Fsp3) is 0.588. The van der Waals surface area contributed by atoms with E-state index in [-0.39, 0.29) is 22.8 Å². The van der Waals surface area contributed by atoms with E-state index in [1.54, 1.807) is 31.6 Å². The molecule has 0 bridgehead atoms. The highest BCUT2D eigenvalue weighted by atomic mass is 35.5. The van der Waals surface area contributed by atoms with Crippen molar-refractivity contribution in [3.8, 4) is 17.3 Å². The Labute approximate surface area is 269 Å². The van der Waals surface area contributed by atoms with E-state index in [4.69, 9.17) is 26.1 Å². The Balaban J connectivity index is 0.000000664. The molecule has 0 amide bonds. The topological polar surface area (TPSA) is 92.3 Å². The molecule has 4 aromatic rings. The number of halogens is 2. The Morgan fingerprint density at radius 2 is 1.78 bits per heavy atom. The number of nitrogens with zero attached hydrogens (tertiary/aromatic N) is 6. The normalized spacial score (nSPS) is 20.4. The van der Waals surface area contributed by atoms with Gasteiger partial charge in [0.05, 0.1) is 29.2 Å². The number of aromatic amines is 1. The van der Waals surface area contributed by atoms with Crippen molar-refractivity contribution in [3.63, 3.8) is 0 Å². The number of methoxy groups -OCH3 is 1. The molecule has 0 spiro atoms. The third kappa shape index (κ3) is 6.74. The van der Waals surface area contributed by atoms with E-state index in [0.29, 0.717) is 46.4 Å². The molecule has 1 aromatic carbocycles. The molecular weight excluding hydrogens is 593 g/mol. The van der Waals surface area contributed by atoms with Crippen LogP contribution in [0.5, 0.6) is 6.01 Å². The van der Waals surface area contributed by atoms with Gasteiger partial charge in [0.2, 0.25) is 0 Å². The molecule has 242 valence electrons. The van der Waals surface area contributed by atoms with E-state index in [9.17, 15) is 0 Å². The highest BCUT2D eigenvalue weighted by Gasteiger charge is 2.45. The van der Waals surface area contributed by atoms with Gasteiger partial charge in [0.1, 0.15) is 23.6 Å². The van der Waals surface area contributed by atoms with Crippen LogP contribution in [-0.4, -0.2) is 82.1 Å². The number of aromatic nitrogens is 5. The Kier molecular flexibility index (Phi) is 10.0. The lowest BCUT2D eigenvalue weighted by Crippen LogP contribution is -2.43. The van der Waals surface area contributed by atoms with Gasteiger partial charge < -0.3 is 14.4 Å². The lowest BCUT2D eigenvalue weighted by atomic mass is 9.95. The maximum absolute atomic E-state index is 16.5. The van der Waals surface area contributed by atoms with Crippen LogP contribution in [0.2, 0.25) is 5.02 Å². The Hall–Kier alpha value is -3.08. The first-order valence-electron chi connectivity index (χ1n) is 16.7. The largest absolute Gasteiger partial charge is 0.461 e. The average Bonchev–Trinajstić information content (AvgIpc) is 3.63. The van der Waals surface area contributed by atoms with Gasteiger partial charge in [-0.25, -0.2) is 4.39 Å². The van der Waals surface area contributed by atoms with Crippen molar-refractivity contribution < 1.29 is 13.9 Å². The predicted molar refractivity (Wildman–Crippen MR) is 178 cm³/mol. The quantitative estimate of drug-likeness (QED) is 0.224.